The maximum absolute atomic E-state index is 12.3. The lowest BCUT2D eigenvalue weighted by atomic mass is 10.1. The summed E-state index contributed by atoms with van der Waals surface area (Å²) in [5.74, 6) is 2.03. The van der Waals surface area contributed by atoms with Crippen LogP contribution in [0.4, 0.5) is 5.82 Å². The largest absolute Gasteiger partial charge is 0.486 e. The predicted molar refractivity (Wildman–Crippen MR) is 98.8 cm³/mol. The van der Waals surface area contributed by atoms with Crippen LogP contribution in [0.2, 0.25) is 0 Å². The Morgan fingerprint density at radius 2 is 2.07 bits per heavy atom. The van der Waals surface area contributed by atoms with E-state index in [0.29, 0.717) is 43.4 Å². The van der Waals surface area contributed by atoms with E-state index in [1.54, 1.807) is 6.33 Å². The molecule has 0 bridgehead atoms. The summed E-state index contributed by atoms with van der Waals surface area (Å²) in [5.41, 5.74) is 2.28. The van der Waals surface area contributed by atoms with Gasteiger partial charge < -0.3 is 25.1 Å². The van der Waals surface area contributed by atoms with Gasteiger partial charge in [0.05, 0.1) is 12.4 Å². The van der Waals surface area contributed by atoms with Gasteiger partial charge in [-0.05, 0) is 24.6 Å². The minimum atomic E-state index is -0.133. The summed E-state index contributed by atoms with van der Waals surface area (Å²) in [6.07, 6.45) is 3.32. The highest BCUT2D eigenvalue weighted by Gasteiger charge is 2.16. The fourth-order valence-electron chi connectivity index (χ4n) is 2.92. The van der Waals surface area contributed by atoms with E-state index in [-0.39, 0.29) is 11.9 Å². The number of anilines is 1. The molecule has 3 heterocycles. The summed E-state index contributed by atoms with van der Waals surface area (Å²) in [4.78, 5) is 27.6. The molecule has 0 fully saturated rings. The smallest absolute Gasteiger partial charge is 0.222 e. The summed E-state index contributed by atoms with van der Waals surface area (Å²) in [6.45, 7) is 3.48. The molecule has 0 radical (unpaired) electrons. The highest BCUT2D eigenvalue weighted by Crippen LogP contribution is 2.32. The Morgan fingerprint density at radius 1 is 1.22 bits per heavy atom. The third-order valence-corrected chi connectivity index (χ3v) is 4.31. The molecule has 1 atom stereocenters. The lowest BCUT2D eigenvalue weighted by Crippen LogP contribution is -2.28. The summed E-state index contributed by atoms with van der Waals surface area (Å²) in [7, 11) is 0. The van der Waals surface area contributed by atoms with Gasteiger partial charge in [0.25, 0.3) is 0 Å². The van der Waals surface area contributed by atoms with Gasteiger partial charge >= 0.3 is 0 Å². The number of carbonyl (C=O) groups is 1. The zero-order chi connectivity index (χ0) is 18.6. The van der Waals surface area contributed by atoms with E-state index in [9.17, 15) is 4.79 Å². The summed E-state index contributed by atoms with van der Waals surface area (Å²) in [6, 6.07) is 5.59. The Labute approximate surface area is 155 Å². The van der Waals surface area contributed by atoms with Gasteiger partial charge in [0.1, 0.15) is 25.1 Å². The molecule has 1 aromatic carbocycles. The van der Waals surface area contributed by atoms with Crippen molar-refractivity contribution < 1.29 is 14.3 Å². The lowest BCUT2D eigenvalue weighted by Gasteiger charge is -2.21. The van der Waals surface area contributed by atoms with Crippen LogP contribution in [0.3, 0.4) is 0 Å². The van der Waals surface area contributed by atoms with Crippen molar-refractivity contribution in [2.45, 2.75) is 19.4 Å². The molecule has 0 aliphatic carbocycles. The Kier molecular flexibility index (Phi) is 4.73. The molecule has 2 aromatic heterocycles. The van der Waals surface area contributed by atoms with Crippen LogP contribution < -0.4 is 20.1 Å². The minimum absolute atomic E-state index is 0.0557. The van der Waals surface area contributed by atoms with Crippen molar-refractivity contribution in [3.05, 3.63) is 36.4 Å². The molecule has 1 aliphatic rings. The zero-order valence-electron chi connectivity index (χ0n) is 14.9. The SMILES string of the molecule is C[C@@H](NC(=O)CCNc1ncnc2nc[nH]c12)c1ccc2c(c1)OCCO2. The standard InChI is InChI=1S/C18H20N6O3/c1-11(12-2-3-13-14(8-12)27-7-6-26-13)24-15(25)4-5-19-17-16-18(21-9-20-16)23-10-22-17/h2-3,8-11H,4-7H2,1H3,(H,24,25)(H2,19,20,21,22,23)/t11-/m1/s1. The van der Waals surface area contributed by atoms with Crippen LogP contribution in [-0.2, 0) is 4.79 Å². The highest BCUT2D eigenvalue weighted by molar-refractivity contribution is 5.82. The Balaban J connectivity index is 1.31. The average molecular weight is 368 g/mol. The molecule has 9 nitrogen and oxygen atoms in total. The third-order valence-electron chi connectivity index (χ3n) is 4.31. The molecule has 4 rings (SSSR count). The Hall–Kier alpha value is -3.36. The number of aromatic nitrogens is 4. The van der Waals surface area contributed by atoms with E-state index < -0.39 is 0 Å². The molecular weight excluding hydrogens is 348 g/mol. The fraction of sp³-hybridized carbons (Fsp3) is 0.333. The van der Waals surface area contributed by atoms with E-state index in [0.717, 1.165) is 16.8 Å². The van der Waals surface area contributed by atoms with E-state index in [1.807, 2.05) is 25.1 Å². The van der Waals surface area contributed by atoms with Gasteiger partial charge in [-0.1, -0.05) is 6.07 Å². The number of benzene rings is 1. The third kappa shape index (κ3) is 3.76. The molecule has 0 unspecified atom stereocenters. The molecular formula is C18H20N6O3. The van der Waals surface area contributed by atoms with Gasteiger partial charge in [0.15, 0.2) is 23.0 Å². The number of hydrogen-bond donors (Lipinski definition) is 3. The molecule has 27 heavy (non-hydrogen) atoms. The molecule has 3 aromatic rings. The van der Waals surface area contributed by atoms with E-state index in [4.69, 9.17) is 9.47 Å². The number of nitrogens with zero attached hydrogens (tertiary/aromatic N) is 3. The van der Waals surface area contributed by atoms with E-state index in [1.165, 1.54) is 6.33 Å². The zero-order valence-corrected chi connectivity index (χ0v) is 14.9. The van der Waals surface area contributed by atoms with Crippen molar-refractivity contribution >= 4 is 22.9 Å². The second-order valence-corrected chi connectivity index (χ2v) is 6.19. The van der Waals surface area contributed by atoms with Crippen LogP contribution in [0.15, 0.2) is 30.9 Å². The topological polar surface area (TPSA) is 114 Å². The first-order valence-corrected chi connectivity index (χ1v) is 8.77. The molecule has 1 amide bonds. The fourth-order valence-corrected chi connectivity index (χ4v) is 2.92. The molecule has 140 valence electrons. The van der Waals surface area contributed by atoms with Crippen LogP contribution in [0.25, 0.3) is 11.2 Å². The first-order chi connectivity index (χ1) is 13.2. The molecule has 1 aliphatic heterocycles. The number of H-pyrrole nitrogens is 1. The number of hydrogen-bond acceptors (Lipinski definition) is 7. The van der Waals surface area contributed by atoms with Gasteiger partial charge in [-0.3, -0.25) is 4.79 Å². The van der Waals surface area contributed by atoms with Crippen molar-refractivity contribution in [2.75, 3.05) is 25.1 Å². The van der Waals surface area contributed by atoms with Crippen molar-refractivity contribution in [2.24, 2.45) is 0 Å². The Morgan fingerprint density at radius 3 is 2.96 bits per heavy atom. The monoisotopic (exact) mass is 368 g/mol. The van der Waals surface area contributed by atoms with Gasteiger partial charge in [0, 0.05) is 13.0 Å². The minimum Gasteiger partial charge on any atom is -0.486 e. The van der Waals surface area contributed by atoms with E-state index in [2.05, 4.69) is 30.6 Å². The van der Waals surface area contributed by atoms with Gasteiger partial charge in [-0.2, -0.15) is 0 Å². The van der Waals surface area contributed by atoms with E-state index >= 15 is 0 Å². The molecule has 0 spiro atoms. The number of carbonyl (C=O) groups excluding carboxylic acids is 1. The van der Waals surface area contributed by atoms with Crippen LogP contribution in [0.5, 0.6) is 11.5 Å². The maximum Gasteiger partial charge on any atom is 0.222 e. The van der Waals surface area contributed by atoms with Crippen LogP contribution in [-0.4, -0.2) is 45.6 Å². The first kappa shape index (κ1) is 17.1. The predicted octanol–water partition coefficient (Wildman–Crippen LogP) is 1.80. The van der Waals surface area contributed by atoms with Crippen LogP contribution in [0, 0.1) is 0 Å². The summed E-state index contributed by atoms with van der Waals surface area (Å²) >= 11 is 0. The number of rotatable bonds is 6. The maximum atomic E-state index is 12.3. The second kappa shape index (κ2) is 7.48. The molecule has 3 N–H and O–H groups in total. The van der Waals surface area contributed by atoms with Gasteiger partial charge in [-0.25, -0.2) is 15.0 Å². The second-order valence-electron chi connectivity index (χ2n) is 6.19. The number of aromatic amines is 1. The van der Waals surface area contributed by atoms with Crippen molar-refractivity contribution in [3.8, 4) is 11.5 Å². The van der Waals surface area contributed by atoms with Crippen molar-refractivity contribution in [1.82, 2.24) is 25.3 Å². The van der Waals surface area contributed by atoms with Crippen molar-refractivity contribution in [1.29, 1.82) is 0 Å². The molecule has 9 heteroatoms. The van der Waals surface area contributed by atoms with Crippen molar-refractivity contribution in [3.63, 3.8) is 0 Å². The molecule has 0 saturated heterocycles. The summed E-state index contributed by atoms with van der Waals surface area (Å²) < 4.78 is 11.1. The number of ether oxygens (including phenoxy) is 2. The van der Waals surface area contributed by atoms with Crippen LogP contribution >= 0.6 is 0 Å². The number of nitrogens with one attached hydrogen (secondary N) is 3. The summed E-state index contributed by atoms with van der Waals surface area (Å²) in [5, 5.41) is 6.13. The average Bonchev–Trinajstić information content (AvgIpc) is 3.17. The van der Waals surface area contributed by atoms with Gasteiger partial charge in [-0.15, -0.1) is 0 Å². The quantitative estimate of drug-likeness (QED) is 0.608. The number of imidazole rings is 1. The van der Waals surface area contributed by atoms with Crippen LogP contribution in [0.1, 0.15) is 24.9 Å². The highest BCUT2D eigenvalue weighted by atomic mass is 16.6. The first-order valence-electron chi connectivity index (χ1n) is 8.77. The van der Waals surface area contributed by atoms with Gasteiger partial charge in [0.2, 0.25) is 5.91 Å². The lowest BCUT2D eigenvalue weighted by molar-refractivity contribution is -0.121. The number of amides is 1. The molecule has 0 saturated carbocycles. The number of fused-ring (bicyclic) bond motifs is 2. The normalized spacial score (nSPS) is 14.0. The Bertz CT molecular complexity index is 957.